The number of para-hydroxylation sites is 2. The number of hydrogen-bond acceptors (Lipinski definition) is 2. The molecule has 0 bridgehead atoms. The summed E-state index contributed by atoms with van der Waals surface area (Å²) in [6, 6.07) is 76.5. The molecule has 0 spiro atoms. The second-order valence-electron chi connectivity index (χ2n) is 15.1. The van der Waals surface area contributed by atoms with E-state index in [0.717, 1.165) is 93.8 Å². The van der Waals surface area contributed by atoms with Crippen LogP contribution in [0.5, 0.6) is 0 Å². The molecule has 4 heteroatoms. The molecule has 2 aromatic heterocycles. The summed E-state index contributed by atoms with van der Waals surface area (Å²) in [5.74, 6) is 0. The van der Waals surface area contributed by atoms with E-state index in [-0.39, 0.29) is 0 Å². The predicted octanol–water partition coefficient (Wildman–Crippen LogP) is 14.3. The number of nitriles is 2. The Morgan fingerprint density at radius 3 is 1.02 bits per heavy atom. The largest absolute Gasteiger partial charge is 0.308 e. The van der Waals surface area contributed by atoms with Crippen LogP contribution >= 0.6 is 0 Å². The van der Waals surface area contributed by atoms with Gasteiger partial charge in [-0.25, -0.2) is 0 Å². The van der Waals surface area contributed by atoms with Gasteiger partial charge in [0.1, 0.15) is 12.1 Å². The molecule has 11 rings (SSSR count). The van der Waals surface area contributed by atoms with Gasteiger partial charge in [0, 0.05) is 32.7 Å². The molecule has 0 fully saturated rings. The molecule has 0 saturated heterocycles. The lowest BCUT2D eigenvalue weighted by Crippen LogP contribution is -2.11. The summed E-state index contributed by atoms with van der Waals surface area (Å²) in [6.45, 7) is 0. The van der Waals surface area contributed by atoms with Crippen LogP contribution in [0.25, 0.3) is 99.5 Å². The summed E-state index contributed by atoms with van der Waals surface area (Å²) >= 11 is 0. The maximum atomic E-state index is 11.7. The Kier molecular flexibility index (Phi) is 8.22. The summed E-state index contributed by atoms with van der Waals surface area (Å²) in [6.07, 6.45) is 0. The lowest BCUT2D eigenvalue weighted by atomic mass is 9.86. The van der Waals surface area contributed by atoms with Crippen molar-refractivity contribution < 1.29 is 0 Å². The number of benzene rings is 9. The lowest BCUT2D eigenvalue weighted by Gasteiger charge is -2.25. The standard InChI is InChI=1S/C56H34N4/c57-35-47-53(39-21-9-3-10-22-39)56(54(40-23-11-4-12-24-40)48(36-58)55(47)59-49-27-15-13-25-43(49)44-26-14-16-28-50(44)59)60-51-31-29-41(37-17-5-1-6-18-37)33-45(51)46-34-42(30-32-52(46)60)38-19-7-2-8-20-38/h1-34H. The first-order chi connectivity index (χ1) is 29.7. The van der Waals surface area contributed by atoms with Gasteiger partial charge < -0.3 is 9.13 Å². The van der Waals surface area contributed by atoms with Crippen molar-refractivity contribution in [2.24, 2.45) is 0 Å². The van der Waals surface area contributed by atoms with E-state index in [2.05, 4.69) is 155 Å². The number of fused-ring (bicyclic) bond motifs is 6. The van der Waals surface area contributed by atoms with Crippen LogP contribution < -0.4 is 0 Å². The zero-order valence-corrected chi connectivity index (χ0v) is 32.4. The topological polar surface area (TPSA) is 57.4 Å². The highest BCUT2D eigenvalue weighted by Crippen LogP contribution is 2.49. The van der Waals surface area contributed by atoms with Crippen molar-refractivity contribution in [1.29, 1.82) is 10.5 Å². The average Bonchev–Trinajstić information content (AvgIpc) is 3.83. The molecule has 2 heterocycles. The van der Waals surface area contributed by atoms with Crippen LogP contribution in [0.2, 0.25) is 0 Å². The van der Waals surface area contributed by atoms with Crippen LogP contribution in [0.3, 0.4) is 0 Å². The molecule has 0 saturated carbocycles. The van der Waals surface area contributed by atoms with Crippen LogP contribution in [-0.2, 0) is 0 Å². The van der Waals surface area contributed by atoms with Crippen molar-refractivity contribution in [3.63, 3.8) is 0 Å². The molecule has 11 aromatic rings. The van der Waals surface area contributed by atoms with Gasteiger partial charge in [-0.05, 0) is 69.8 Å². The molecular weight excluding hydrogens is 729 g/mol. The molecule has 0 aliphatic carbocycles. The van der Waals surface area contributed by atoms with Crippen molar-refractivity contribution in [1.82, 2.24) is 9.13 Å². The molecule has 0 N–H and O–H groups in total. The van der Waals surface area contributed by atoms with Gasteiger partial charge in [-0.15, -0.1) is 0 Å². The Balaban J connectivity index is 1.37. The fraction of sp³-hybridized carbons (Fsp3) is 0. The highest BCUT2D eigenvalue weighted by molar-refractivity contribution is 6.14. The first kappa shape index (κ1) is 34.8. The molecule has 0 aliphatic heterocycles. The quantitative estimate of drug-likeness (QED) is 0.169. The Morgan fingerprint density at radius 1 is 0.283 bits per heavy atom. The number of hydrogen-bond donors (Lipinski definition) is 0. The van der Waals surface area contributed by atoms with Crippen LogP contribution in [0.15, 0.2) is 206 Å². The highest BCUT2D eigenvalue weighted by Gasteiger charge is 2.31. The third-order valence-electron chi connectivity index (χ3n) is 11.8. The van der Waals surface area contributed by atoms with E-state index in [1.165, 1.54) is 0 Å². The average molecular weight is 763 g/mol. The first-order valence-corrected chi connectivity index (χ1v) is 20.1. The van der Waals surface area contributed by atoms with Gasteiger partial charge in [0.05, 0.1) is 44.6 Å². The number of rotatable bonds is 6. The highest BCUT2D eigenvalue weighted by atomic mass is 15.0. The molecule has 60 heavy (non-hydrogen) atoms. The second-order valence-corrected chi connectivity index (χ2v) is 15.1. The summed E-state index contributed by atoms with van der Waals surface area (Å²) in [7, 11) is 0. The molecule has 4 nitrogen and oxygen atoms in total. The molecule has 0 aliphatic rings. The summed E-state index contributed by atoms with van der Waals surface area (Å²) < 4.78 is 4.44. The SMILES string of the molecule is N#Cc1c(-c2ccccc2)c(-n2c3ccc(-c4ccccc4)cc3c3cc(-c4ccccc4)ccc32)c(-c2ccccc2)c(C#N)c1-n1c2ccccc2c2ccccc21. The normalized spacial score (nSPS) is 11.3. The minimum absolute atomic E-state index is 0.427. The van der Waals surface area contributed by atoms with Crippen LogP contribution in [0, 0.1) is 22.7 Å². The van der Waals surface area contributed by atoms with E-state index >= 15 is 0 Å². The third kappa shape index (κ3) is 5.37. The Bertz CT molecular complexity index is 3300. The smallest absolute Gasteiger partial charge is 0.102 e. The van der Waals surface area contributed by atoms with E-state index in [0.29, 0.717) is 16.8 Å². The minimum Gasteiger partial charge on any atom is -0.308 e. The van der Waals surface area contributed by atoms with Gasteiger partial charge >= 0.3 is 0 Å². The number of aromatic nitrogens is 2. The van der Waals surface area contributed by atoms with Crippen molar-refractivity contribution in [3.05, 3.63) is 217 Å². The van der Waals surface area contributed by atoms with E-state index in [9.17, 15) is 10.5 Å². The molecule has 0 amide bonds. The fourth-order valence-corrected chi connectivity index (χ4v) is 9.21. The first-order valence-electron chi connectivity index (χ1n) is 20.1. The van der Waals surface area contributed by atoms with Crippen LogP contribution in [0.1, 0.15) is 11.1 Å². The molecular formula is C56H34N4. The molecule has 0 unspecified atom stereocenters. The van der Waals surface area contributed by atoms with Crippen LogP contribution in [-0.4, -0.2) is 9.13 Å². The van der Waals surface area contributed by atoms with Gasteiger partial charge in [0.15, 0.2) is 0 Å². The maximum absolute atomic E-state index is 11.7. The Hall–Kier alpha value is -8.44. The van der Waals surface area contributed by atoms with Crippen molar-refractivity contribution in [3.8, 4) is 68.0 Å². The van der Waals surface area contributed by atoms with Gasteiger partial charge in [0.2, 0.25) is 0 Å². The molecule has 0 radical (unpaired) electrons. The van der Waals surface area contributed by atoms with Gasteiger partial charge in [-0.2, -0.15) is 10.5 Å². The fourth-order valence-electron chi connectivity index (χ4n) is 9.21. The van der Waals surface area contributed by atoms with Gasteiger partial charge in [-0.1, -0.05) is 170 Å². The summed E-state index contributed by atoms with van der Waals surface area (Å²) in [4.78, 5) is 0. The molecule has 278 valence electrons. The predicted molar refractivity (Wildman–Crippen MR) is 246 cm³/mol. The van der Waals surface area contributed by atoms with Gasteiger partial charge in [0.25, 0.3) is 0 Å². The van der Waals surface area contributed by atoms with Crippen LogP contribution in [0.4, 0.5) is 0 Å². The van der Waals surface area contributed by atoms with E-state index in [4.69, 9.17) is 0 Å². The maximum Gasteiger partial charge on any atom is 0.102 e. The Morgan fingerprint density at radius 2 is 0.617 bits per heavy atom. The number of nitrogens with zero attached hydrogens (tertiary/aromatic N) is 4. The monoisotopic (exact) mass is 762 g/mol. The zero-order valence-electron chi connectivity index (χ0n) is 32.4. The van der Waals surface area contributed by atoms with Crippen molar-refractivity contribution >= 4 is 43.6 Å². The Labute approximate surface area is 347 Å². The van der Waals surface area contributed by atoms with Crippen molar-refractivity contribution in [2.45, 2.75) is 0 Å². The van der Waals surface area contributed by atoms with E-state index in [1.54, 1.807) is 0 Å². The summed E-state index contributed by atoms with van der Waals surface area (Å²) in [5.41, 5.74) is 13.7. The van der Waals surface area contributed by atoms with Crippen molar-refractivity contribution in [2.75, 3.05) is 0 Å². The third-order valence-corrected chi connectivity index (χ3v) is 11.8. The van der Waals surface area contributed by atoms with Gasteiger partial charge in [-0.3, -0.25) is 0 Å². The minimum atomic E-state index is 0.427. The molecule has 9 aromatic carbocycles. The second kappa shape index (κ2) is 14.2. The zero-order chi connectivity index (χ0) is 40.2. The van der Waals surface area contributed by atoms with E-state index in [1.807, 2.05) is 72.8 Å². The van der Waals surface area contributed by atoms with E-state index < -0.39 is 0 Å². The lowest BCUT2D eigenvalue weighted by molar-refractivity contribution is 1.13. The summed E-state index contributed by atoms with van der Waals surface area (Å²) in [5, 5.41) is 27.6. The molecule has 0 atom stereocenters.